The monoisotopic (exact) mass is 539 g/mol. The average Bonchev–Trinajstić information content (AvgIpc) is 2.80. The maximum absolute atomic E-state index is 12.6. The number of benzene rings is 4. The summed E-state index contributed by atoms with van der Waals surface area (Å²) in [4.78, 5) is 2.77. The summed E-state index contributed by atoms with van der Waals surface area (Å²) >= 11 is 0. The molecule has 0 saturated carbocycles. The molecule has 0 N–H and O–H groups in total. The fourth-order valence-electron chi connectivity index (χ4n) is 3.29. The largest absolute Gasteiger partial charge is 0.480 e. The fraction of sp³-hybridized carbons (Fsp3) is 0.0435. The zero-order chi connectivity index (χ0) is 25.3. The molecule has 0 unspecified atom stereocenters. The maximum atomic E-state index is 12.6. The Morgan fingerprint density at radius 1 is 0.657 bits per heavy atom. The van der Waals surface area contributed by atoms with Crippen LogP contribution in [0, 0.1) is 0 Å². The van der Waals surface area contributed by atoms with Gasteiger partial charge in [-0.2, -0.15) is 13.2 Å². The summed E-state index contributed by atoms with van der Waals surface area (Å²) in [6, 6.07) is 28.6. The zero-order valence-corrected chi connectivity index (χ0v) is 20.0. The lowest BCUT2D eigenvalue weighted by atomic mass is 10.1. The molecule has 0 spiro atoms. The van der Waals surface area contributed by atoms with Crippen LogP contribution in [0.15, 0.2) is 112 Å². The van der Waals surface area contributed by atoms with Crippen molar-refractivity contribution in [1.82, 2.24) is 0 Å². The highest BCUT2D eigenvalue weighted by molar-refractivity contribution is 8.10. The van der Waals surface area contributed by atoms with Gasteiger partial charge in [0.05, 0.1) is 10.9 Å². The molecular weight excluding hydrogens is 523 g/mol. The van der Waals surface area contributed by atoms with Crippen LogP contribution in [-0.4, -0.2) is 22.3 Å². The van der Waals surface area contributed by atoms with E-state index in [2.05, 4.69) is 0 Å². The molecule has 4 aromatic rings. The molecule has 0 atom stereocenters. The van der Waals surface area contributed by atoms with Crippen LogP contribution in [0.2, 0.25) is 0 Å². The number of rotatable bonds is 7. The summed E-state index contributed by atoms with van der Waals surface area (Å²) in [7, 11) is -12.4. The van der Waals surface area contributed by atoms with Crippen molar-refractivity contribution >= 4 is 42.0 Å². The second-order valence-electron chi connectivity index (χ2n) is 7.05. The number of halogens is 3. The van der Waals surface area contributed by atoms with Gasteiger partial charge in [-0.1, -0.05) is 54.6 Å². The van der Waals surface area contributed by atoms with Crippen molar-refractivity contribution < 1.29 is 34.2 Å². The Kier molecular flexibility index (Phi) is 6.82. The lowest BCUT2D eigenvalue weighted by Crippen LogP contribution is -2.25. The Bertz CT molecular complexity index is 1520. The van der Waals surface area contributed by atoms with Crippen molar-refractivity contribution in [3.8, 4) is 5.75 Å². The normalized spacial score (nSPS) is 12.7. The van der Waals surface area contributed by atoms with E-state index < -0.39 is 36.7 Å². The Morgan fingerprint density at radius 3 is 1.66 bits per heavy atom. The minimum absolute atomic E-state index is 0.262. The van der Waals surface area contributed by atoms with E-state index in [9.17, 15) is 30.0 Å². The van der Waals surface area contributed by atoms with E-state index in [1.165, 1.54) is 12.1 Å². The van der Waals surface area contributed by atoms with E-state index >= 15 is 0 Å². The van der Waals surface area contributed by atoms with Crippen LogP contribution in [0.4, 0.5) is 13.2 Å². The topological polar surface area (TPSA) is 91.6 Å². The number of hydrogen-bond acceptors (Lipinski definition) is 5. The van der Waals surface area contributed by atoms with E-state index in [-0.39, 0.29) is 11.1 Å². The lowest BCUT2D eigenvalue weighted by Gasteiger charge is -2.22. The third-order valence-corrected chi connectivity index (χ3v) is 9.47. The fourth-order valence-corrected chi connectivity index (χ4v) is 7.32. The van der Waals surface area contributed by atoms with Gasteiger partial charge in [0, 0.05) is 10.8 Å². The van der Waals surface area contributed by atoms with E-state index in [0.29, 0.717) is 5.39 Å². The highest BCUT2D eigenvalue weighted by Gasteiger charge is 2.41. The zero-order valence-electron chi connectivity index (χ0n) is 17.6. The summed E-state index contributed by atoms with van der Waals surface area (Å²) in [5.74, 6) is -0.352. The van der Waals surface area contributed by atoms with Crippen molar-refractivity contribution in [3.63, 3.8) is 0 Å². The molecule has 0 aromatic heterocycles. The molecule has 12 heteroatoms. The molecule has 0 aliphatic heterocycles. The number of nitrogens with zero attached hydrogens (tertiary/aromatic N) is 1. The third kappa shape index (κ3) is 5.45. The highest BCUT2D eigenvalue weighted by atomic mass is 32.3. The van der Waals surface area contributed by atoms with E-state index in [0.717, 1.165) is 14.7 Å². The predicted octanol–water partition coefficient (Wildman–Crippen LogP) is 5.78. The Morgan fingerprint density at radius 2 is 1.14 bits per heavy atom. The van der Waals surface area contributed by atoms with E-state index in [1.54, 1.807) is 24.3 Å². The first-order chi connectivity index (χ1) is 16.5. The SMILES string of the molecule is O=S(=O)([N-]S(=O)(=O)C(F)(F)F)Oc1ccc([S+](c2ccccc2)c2ccccc2)c2ccccc12. The standard InChI is InChI=1S/C23H16F3NO5S3/c24-23(25,26)34(28,29)27-35(30,31)32-21-15-16-22(20-14-8-7-13-19(20)21)33(17-9-3-1-4-10-17)18-11-5-2-6-12-18/h1-16H. The van der Waals surface area contributed by atoms with Gasteiger partial charge in [0.25, 0.3) is 0 Å². The molecule has 0 aliphatic rings. The van der Waals surface area contributed by atoms with Gasteiger partial charge in [-0.15, -0.1) is 0 Å². The lowest BCUT2D eigenvalue weighted by molar-refractivity contribution is -0.0425. The van der Waals surface area contributed by atoms with Gasteiger partial charge in [-0.3, -0.25) is 0 Å². The first-order valence-electron chi connectivity index (χ1n) is 9.85. The van der Waals surface area contributed by atoms with Gasteiger partial charge >= 0.3 is 5.51 Å². The van der Waals surface area contributed by atoms with Crippen LogP contribution in [0.5, 0.6) is 5.75 Å². The van der Waals surface area contributed by atoms with Crippen molar-refractivity contribution in [2.75, 3.05) is 0 Å². The Labute approximate surface area is 203 Å². The van der Waals surface area contributed by atoms with Crippen LogP contribution in [0.25, 0.3) is 14.9 Å². The number of fused-ring (bicyclic) bond motifs is 1. The van der Waals surface area contributed by atoms with Gasteiger partial charge in [0.2, 0.25) is 10.3 Å². The summed E-state index contributed by atoms with van der Waals surface area (Å²) in [6.07, 6.45) is 0. The summed E-state index contributed by atoms with van der Waals surface area (Å²) in [5.41, 5.74) is -5.88. The molecule has 0 bridgehead atoms. The molecule has 4 aromatic carbocycles. The number of sulfonamides is 1. The second-order valence-corrected chi connectivity index (χ2v) is 12.1. The molecule has 0 fully saturated rings. The van der Waals surface area contributed by atoms with Crippen LogP contribution in [0.3, 0.4) is 0 Å². The molecule has 35 heavy (non-hydrogen) atoms. The van der Waals surface area contributed by atoms with Gasteiger partial charge < -0.3 is 8.31 Å². The third-order valence-electron chi connectivity index (χ3n) is 4.70. The molecule has 0 radical (unpaired) electrons. The van der Waals surface area contributed by atoms with E-state index in [1.807, 2.05) is 64.8 Å². The predicted molar refractivity (Wildman–Crippen MR) is 127 cm³/mol. The molecule has 182 valence electrons. The highest BCUT2D eigenvalue weighted by Crippen LogP contribution is 2.39. The molecule has 6 nitrogen and oxygen atoms in total. The van der Waals surface area contributed by atoms with Crippen molar-refractivity contribution in [2.45, 2.75) is 20.2 Å². The number of hydrogen-bond donors (Lipinski definition) is 0. The molecule has 0 saturated heterocycles. The molecule has 4 rings (SSSR count). The maximum Gasteiger partial charge on any atom is 0.480 e. The van der Waals surface area contributed by atoms with Gasteiger partial charge in [-0.05, 0) is 42.5 Å². The molecular formula is C23H16F3NO5S3. The minimum Gasteiger partial charge on any atom is -0.394 e. The van der Waals surface area contributed by atoms with Crippen LogP contribution < -0.4 is 4.18 Å². The van der Waals surface area contributed by atoms with Crippen LogP contribution in [-0.2, 0) is 31.2 Å². The van der Waals surface area contributed by atoms with Crippen LogP contribution in [0.1, 0.15) is 0 Å². The molecule has 0 aliphatic carbocycles. The first kappa shape index (κ1) is 25.0. The smallest absolute Gasteiger partial charge is 0.394 e. The van der Waals surface area contributed by atoms with Crippen molar-refractivity contribution in [2.24, 2.45) is 0 Å². The van der Waals surface area contributed by atoms with Gasteiger partial charge in [0.1, 0.15) is 5.75 Å². The van der Waals surface area contributed by atoms with Crippen molar-refractivity contribution in [3.05, 3.63) is 101 Å². The minimum atomic E-state index is -6.31. The van der Waals surface area contributed by atoms with Crippen LogP contribution >= 0.6 is 0 Å². The number of alkyl halides is 3. The Balaban J connectivity index is 1.82. The summed E-state index contributed by atoms with van der Waals surface area (Å²) in [5, 5.41) is 0.840. The first-order valence-corrected chi connectivity index (χ1v) is 13.9. The molecule has 0 amide bonds. The second kappa shape index (κ2) is 9.53. The summed E-state index contributed by atoms with van der Waals surface area (Å²) < 4.78 is 91.2. The molecule has 0 heterocycles. The van der Waals surface area contributed by atoms with E-state index in [4.69, 9.17) is 4.18 Å². The van der Waals surface area contributed by atoms with Gasteiger partial charge in [0.15, 0.2) is 24.7 Å². The quantitative estimate of drug-likeness (QED) is 0.278. The average molecular weight is 540 g/mol. The van der Waals surface area contributed by atoms with Crippen molar-refractivity contribution in [1.29, 1.82) is 0 Å². The Hall–Kier alpha value is -3.06. The summed E-state index contributed by atoms with van der Waals surface area (Å²) in [6.45, 7) is 0. The van der Waals surface area contributed by atoms with Gasteiger partial charge in [-0.25, -0.2) is 16.8 Å².